The van der Waals surface area contributed by atoms with Crippen LogP contribution in [0.25, 0.3) is 0 Å². The maximum Gasteiger partial charge on any atom is 0.126 e. The summed E-state index contributed by atoms with van der Waals surface area (Å²) in [7, 11) is 0. The van der Waals surface area contributed by atoms with Crippen molar-refractivity contribution in [3.8, 4) is 0 Å². The van der Waals surface area contributed by atoms with E-state index in [2.05, 4.69) is 10.3 Å². The zero-order chi connectivity index (χ0) is 13.7. The Bertz CT molecular complexity index is 531. The van der Waals surface area contributed by atoms with Crippen LogP contribution in [0.4, 0.5) is 4.39 Å². The lowest BCUT2D eigenvalue weighted by molar-refractivity contribution is 0.527. The second-order valence-corrected chi connectivity index (χ2v) is 4.77. The molecule has 0 spiro atoms. The van der Waals surface area contributed by atoms with E-state index in [1.54, 1.807) is 24.5 Å². The topological polar surface area (TPSA) is 24.9 Å². The Balaban J connectivity index is 2.24. The normalized spacial score (nSPS) is 12.4. The molecule has 0 bridgehead atoms. The SMILES string of the molecule is CCNC(Cc1cc(Cl)ccc1F)c1cccnc1. The molecule has 0 fully saturated rings. The van der Waals surface area contributed by atoms with Gasteiger partial charge in [0.2, 0.25) is 0 Å². The smallest absolute Gasteiger partial charge is 0.126 e. The second-order valence-electron chi connectivity index (χ2n) is 4.34. The highest BCUT2D eigenvalue weighted by atomic mass is 35.5. The molecule has 0 saturated carbocycles. The van der Waals surface area contributed by atoms with Crippen molar-refractivity contribution in [2.75, 3.05) is 6.54 Å². The summed E-state index contributed by atoms with van der Waals surface area (Å²) in [6.45, 7) is 2.83. The Morgan fingerprint density at radius 2 is 2.21 bits per heavy atom. The van der Waals surface area contributed by atoms with Gasteiger partial charge in [0.25, 0.3) is 0 Å². The standard InChI is InChI=1S/C15H16ClFN2/c1-2-19-15(11-4-3-7-18-10-11)9-12-8-13(16)5-6-14(12)17/h3-8,10,15,19H,2,9H2,1H3. The number of aromatic nitrogens is 1. The minimum absolute atomic E-state index is 0.0340. The number of halogens is 2. The number of hydrogen-bond acceptors (Lipinski definition) is 2. The molecule has 100 valence electrons. The van der Waals surface area contributed by atoms with Crippen LogP contribution >= 0.6 is 11.6 Å². The van der Waals surface area contributed by atoms with Crippen LogP contribution in [0.1, 0.15) is 24.1 Å². The van der Waals surface area contributed by atoms with Gasteiger partial charge in [-0.2, -0.15) is 0 Å². The molecular formula is C15H16ClFN2. The van der Waals surface area contributed by atoms with Crippen LogP contribution in [-0.4, -0.2) is 11.5 Å². The molecule has 2 rings (SSSR count). The molecule has 1 aromatic heterocycles. The summed E-state index contributed by atoms with van der Waals surface area (Å²) in [6.07, 6.45) is 4.08. The number of hydrogen-bond donors (Lipinski definition) is 1. The van der Waals surface area contributed by atoms with Gasteiger partial charge < -0.3 is 5.32 Å². The Labute approximate surface area is 117 Å². The van der Waals surface area contributed by atoms with E-state index in [4.69, 9.17) is 11.6 Å². The molecule has 0 aliphatic carbocycles. The minimum Gasteiger partial charge on any atom is -0.310 e. The predicted molar refractivity (Wildman–Crippen MR) is 75.8 cm³/mol. The second kappa shape index (κ2) is 6.64. The largest absolute Gasteiger partial charge is 0.310 e. The predicted octanol–water partition coefficient (Wildman–Crippen LogP) is 3.77. The molecule has 1 atom stereocenters. The molecule has 0 aliphatic rings. The van der Waals surface area contributed by atoms with Crippen LogP contribution in [0.15, 0.2) is 42.7 Å². The van der Waals surface area contributed by atoms with Gasteiger partial charge in [0, 0.05) is 23.5 Å². The Hall–Kier alpha value is -1.45. The molecule has 1 aromatic carbocycles. The first-order valence-corrected chi connectivity index (χ1v) is 6.65. The van der Waals surface area contributed by atoms with Crippen LogP contribution in [-0.2, 0) is 6.42 Å². The van der Waals surface area contributed by atoms with Gasteiger partial charge in [-0.15, -0.1) is 0 Å². The zero-order valence-electron chi connectivity index (χ0n) is 10.7. The highest BCUT2D eigenvalue weighted by Gasteiger charge is 2.14. The van der Waals surface area contributed by atoms with E-state index in [0.717, 1.165) is 12.1 Å². The Morgan fingerprint density at radius 3 is 2.89 bits per heavy atom. The van der Waals surface area contributed by atoms with Crippen molar-refractivity contribution >= 4 is 11.6 Å². The first-order valence-electron chi connectivity index (χ1n) is 6.28. The summed E-state index contributed by atoms with van der Waals surface area (Å²) >= 11 is 5.92. The lowest BCUT2D eigenvalue weighted by atomic mass is 10.00. The van der Waals surface area contributed by atoms with Gasteiger partial charge in [-0.05, 0) is 48.4 Å². The third-order valence-electron chi connectivity index (χ3n) is 2.97. The van der Waals surface area contributed by atoms with Gasteiger partial charge in [-0.1, -0.05) is 24.6 Å². The molecule has 2 aromatic rings. The summed E-state index contributed by atoms with van der Waals surface area (Å²) in [5, 5.41) is 3.90. The first-order chi connectivity index (χ1) is 9.20. The van der Waals surface area contributed by atoms with Crippen LogP contribution < -0.4 is 5.32 Å². The van der Waals surface area contributed by atoms with E-state index < -0.39 is 0 Å². The van der Waals surface area contributed by atoms with Gasteiger partial charge in [0.15, 0.2) is 0 Å². The molecule has 1 heterocycles. The number of likely N-dealkylation sites (N-methyl/N-ethyl adjacent to an activating group) is 1. The van der Waals surface area contributed by atoms with E-state index in [0.29, 0.717) is 17.0 Å². The number of pyridine rings is 1. The van der Waals surface area contributed by atoms with Crippen molar-refractivity contribution in [2.45, 2.75) is 19.4 Å². The molecule has 0 saturated heterocycles. The van der Waals surface area contributed by atoms with E-state index in [1.165, 1.54) is 6.07 Å². The highest BCUT2D eigenvalue weighted by Crippen LogP contribution is 2.22. The van der Waals surface area contributed by atoms with Gasteiger partial charge in [-0.3, -0.25) is 4.98 Å². The number of benzene rings is 1. The van der Waals surface area contributed by atoms with Gasteiger partial charge in [0.05, 0.1) is 0 Å². The van der Waals surface area contributed by atoms with Crippen LogP contribution in [0, 0.1) is 5.82 Å². The average Bonchev–Trinajstić information content (AvgIpc) is 2.43. The number of nitrogens with one attached hydrogen (secondary N) is 1. The minimum atomic E-state index is -0.226. The summed E-state index contributed by atoms with van der Waals surface area (Å²) < 4.78 is 13.8. The van der Waals surface area contributed by atoms with E-state index in [1.807, 2.05) is 19.1 Å². The van der Waals surface area contributed by atoms with Crippen molar-refractivity contribution in [1.29, 1.82) is 0 Å². The van der Waals surface area contributed by atoms with Crippen LogP contribution in [0.3, 0.4) is 0 Å². The molecule has 19 heavy (non-hydrogen) atoms. The first kappa shape index (κ1) is 14.0. The van der Waals surface area contributed by atoms with Crippen molar-refractivity contribution in [1.82, 2.24) is 10.3 Å². The monoisotopic (exact) mass is 278 g/mol. The van der Waals surface area contributed by atoms with Crippen molar-refractivity contribution in [3.63, 3.8) is 0 Å². The number of nitrogens with zero attached hydrogens (tertiary/aromatic N) is 1. The molecule has 0 radical (unpaired) electrons. The zero-order valence-corrected chi connectivity index (χ0v) is 11.5. The van der Waals surface area contributed by atoms with E-state index in [-0.39, 0.29) is 11.9 Å². The van der Waals surface area contributed by atoms with Crippen molar-refractivity contribution in [2.24, 2.45) is 0 Å². The lowest BCUT2D eigenvalue weighted by Crippen LogP contribution is -2.23. The van der Waals surface area contributed by atoms with Gasteiger partial charge in [-0.25, -0.2) is 4.39 Å². The summed E-state index contributed by atoms with van der Waals surface area (Å²) in [5.41, 5.74) is 1.66. The molecule has 1 N–H and O–H groups in total. The summed E-state index contributed by atoms with van der Waals surface area (Å²) in [4.78, 5) is 4.11. The summed E-state index contributed by atoms with van der Waals surface area (Å²) in [6, 6.07) is 8.55. The van der Waals surface area contributed by atoms with Crippen molar-refractivity contribution < 1.29 is 4.39 Å². The van der Waals surface area contributed by atoms with Crippen molar-refractivity contribution in [3.05, 3.63) is 64.7 Å². The molecule has 1 unspecified atom stereocenters. The third-order valence-corrected chi connectivity index (χ3v) is 3.20. The fraction of sp³-hybridized carbons (Fsp3) is 0.267. The quantitative estimate of drug-likeness (QED) is 0.901. The average molecular weight is 279 g/mol. The van der Waals surface area contributed by atoms with E-state index in [9.17, 15) is 4.39 Å². The third kappa shape index (κ3) is 3.75. The summed E-state index contributed by atoms with van der Waals surface area (Å²) in [5.74, 6) is -0.226. The fourth-order valence-corrected chi connectivity index (χ4v) is 2.25. The maximum atomic E-state index is 13.8. The highest BCUT2D eigenvalue weighted by molar-refractivity contribution is 6.30. The molecule has 4 heteroatoms. The number of rotatable bonds is 5. The lowest BCUT2D eigenvalue weighted by Gasteiger charge is -2.18. The molecule has 0 aliphatic heterocycles. The Kier molecular flexibility index (Phi) is 4.88. The van der Waals surface area contributed by atoms with Gasteiger partial charge >= 0.3 is 0 Å². The molecule has 2 nitrogen and oxygen atoms in total. The molecular weight excluding hydrogens is 263 g/mol. The maximum absolute atomic E-state index is 13.8. The molecule has 0 amide bonds. The van der Waals surface area contributed by atoms with Crippen LogP contribution in [0.2, 0.25) is 5.02 Å². The van der Waals surface area contributed by atoms with Crippen LogP contribution in [0.5, 0.6) is 0 Å². The van der Waals surface area contributed by atoms with Gasteiger partial charge in [0.1, 0.15) is 5.82 Å². The Morgan fingerprint density at radius 1 is 1.37 bits per heavy atom. The van der Waals surface area contributed by atoms with E-state index >= 15 is 0 Å². The fourth-order valence-electron chi connectivity index (χ4n) is 2.06.